The van der Waals surface area contributed by atoms with Gasteiger partial charge in [-0.25, -0.2) is 0 Å². The molecule has 0 aliphatic rings. The largest absolute Gasteiger partial charge is 0.330 e. The van der Waals surface area contributed by atoms with Gasteiger partial charge in [0.1, 0.15) is 0 Å². The maximum atomic E-state index is 5.70. The van der Waals surface area contributed by atoms with Crippen LogP contribution in [0, 0.1) is 0 Å². The lowest BCUT2D eigenvalue weighted by atomic mass is 10.0. The molecular weight excluding hydrogens is 234 g/mol. The van der Waals surface area contributed by atoms with E-state index in [2.05, 4.69) is 53.0 Å². The maximum absolute atomic E-state index is 5.70. The molecule has 3 rings (SSSR count). The van der Waals surface area contributed by atoms with E-state index in [1.54, 1.807) is 0 Å². The Bertz CT molecular complexity index is 683. The molecule has 3 heteroatoms. The van der Waals surface area contributed by atoms with Crippen LogP contribution in [-0.2, 0) is 0 Å². The van der Waals surface area contributed by atoms with Crippen LogP contribution in [0.4, 0.5) is 0 Å². The molecule has 1 aromatic carbocycles. The SMILES string of the molecule is CC(CN)c1ccc(-n2ccc3ccncc32)cc1. The summed E-state index contributed by atoms with van der Waals surface area (Å²) in [5.74, 6) is 0.400. The second-order valence-corrected chi connectivity index (χ2v) is 4.85. The molecule has 1 atom stereocenters. The molecule has 0 amide bonds. The van der Waals surface area contributed by atoms with E-state index in [4.69, 9.17) is 5.73 Å². The van der Waals surface area contributed by atoms with Crippen LogP contribution in [0.25, 0.3) is 16.6 Å². The molecule has 19 heavy (non-hydrogen) atoms. The molecule has 2 aromatic heterocycles. The van der Waals surface area contributed by atoms with Crippen molar-refractivity contribution in [3.05, 3.63) is 60.6 Å². The van der Waals surface area contributed by atoms with E-state index < -0.39 is 0 Å². The monoisotopic (exact) mass is 251 g/mol. The van der Waals surface area contributed by atoms with Gasteiger partial charge in [-0.3, -0.25) is 4.98 Å². The quantitative estimate of drug-likeness (QED) is 0.777. The zero-order chi connectivity index (χ0) is 13.2. The van der Waals surface area contributed by atoms with Gasteiger partial charge in [0.05, 0.1) is 11.7 Å². The van der Waals surface area contributed by atoms with Crippen LogP contribution >= 0.6 is 0 Å². The number of pyridine rings is 1. The van der Waals surface area contributed by atoms with E-state index in [1.807, 2.05) is 18.5 Å². The summed E-state index contributed by atoms with van der Waals surface area (Å²) in [4.78, 5) is 4.19. The summed E-state index contributed by atoms with van der Waals surface area (Å²) in [7, 11) is 0. The summed E-state index contributed by atoms with van der Waals surface area (Å²) >= 11 is 0. The van der Waals surface area contributed by atoms with E-state index in [0.717, 1.165) is 11.2 Å². The summed E-state index contributed by atoms with van der Waals surface area (Å²) < 4.78 is 2.15. The smallest absolute Gasteiger partial charge is 0.0712 e. The summed E-state index contributed by atoms with van der Waals surface area (Å²) in [6.07, 6.45) is 5.79. The lowest BCUT2D eigenvalue weighted by Gasteiger charge is -2.10. The van der Waals surface area contributed by atoms with Crippen LogP contribution in [0.2, 0.25) is 0 Å². The Kier molecular flexibility index (Phi) is 3.05. The van der Waals surface area contributed by atoms with Gasteiger partial charge in [0.2, 0.25) is 0 Å². The summed E-state index contributed by atoms with van der Waals surface area (Å²) in [6, 6.07) is 12.7. The molecule has 3 nitrogen and oxygen atoms in total. The zero-order valence-corrected chi connectivity index (χ0v) is 11.0. The first kappa shape index (κ1) is 11.9. The lowest BCUT2D eigenvalue weighted by Crippen LogP contribution is -2.08. The van der Waals surface area contributed by atoms with E-state index in [-0.39, 0.29) is 0 Å². The summed E-state index contributed by atoms with van der Waals surface area (Å²) in [6.45, 7) is 2.82. The number of fused-ring (bicyclic) bond motifs is 1. The molecule has 0 saturated heterocycles. The highest BCUT2D eigenvalue weighted by Crippen LogP contribution is 2.21. The van der Waals surface area contributed by atoms with Crippen molar-refractivity contribution < 1.29 is 0 Å². The summed E-state index contributed by atoms with van der Waals surface area (Å²) in [5.41, 5.74) is 9.25. The Hall–Kier alpha value is -2.13. The molecule has 0 bridgehead atoms. The van der Waals surface area contributed by atoms with Gasteiger partial charge in [0, 0.05) is 23.5 Å². The Labute approximate surface area is 112 Å². The van der Waals surface area contributed by atoms with Crippen molar-refractivity contribution in [3.63, 3.8) is 0 Å². The van der Waals surface area contributed by atoms with Crippen LogP contribution in [0.5, 0.6) is 0 Å². The van der Waals surface area contributed by atoms with Gasteiger partial charge in [-0.1, -0.05) is 19.1 Å². The highest BCUT2D eigenvalue weighted by Gasteiger charge is 2.05. The minimum Gasteiger partial charge on any atom is -0.330 e. The minimum atomic E-state index is 0.400. The fourth-order valence-electron chi connectivity index (χ4n) is 2.30. The van der Waals surface area contributed by atoms with Crippen LogP contribution in [-0.4, -0.2) is 16.1 Å². The molecule has 3 aromatic rings. The van der Waals surface area contributed by atoms with Crippen molar-refractivity contribution in [3.8, 4) is 5.69 Å². The Morgan fingerprint density at radius 3 is 2.68 bits per heavy atom. The number of rotatable bonds is 3. The van der Waals surface area contributed by atoms with E-state index in [1.165, 1.54) is 10.9 Å². The van der Waals surface area contributed by atoms with Crippen molar-refractivity contribution in [1.82, 2.24) is 9.55 Å². The first-order valence-electron chi connectivity index (χ1n) is 6.51. The fraction of sp³-hybridized carbons (Fsp3) is 0.188. The first-order chi connectivity index (χ1) is 9.29. The number of nitrogens with zero attached hydrogens (tertiary/aromatic N) is 2. The maximum Gasteiger partial charge on any atom is 0.0712 e. The third-order valence-corrected chi connectivity index (χ3v) is 3.59. The van der Waals surface area contributed by atoms with Crippen molar-refractivity contribution in [2.24, 2.45) is 5.73 Å². The predicted octanol–water partition coefficient (Wildman–Crippen LogP) is 3.09. The van der Waals surface area contributed by atoms with Crippen molar-refractivity contribution in [2.75, 3.05) is 6.54 Å². The van der Waals surface area contributed by atoms with Gasteiger partial charge in [-0.2, -0.15) is 0 Å². The third kappa shape index (κ3) is 2.13. The Morgan fingerprint density at radius 2 is 1.95 bits per heavy atom. The van der Waals surface area contributed by atoms with Crippen molar-refractivity contribution >= 4 is 10.9 Å². The Morgan fingerprint density at radius 1 is 1.16 bits per heavy atom. The number of hydrogen-bond acceptors (Lipinski definition) is 2. The average molecular weight is 251 g/mol. The first-order valence-corrected chi connectivity index (χ1v) is 6.51. The van der Waals surface area contributed by atoms with Gasteiger partial charge in [-0.05, 0) is 42.3 Å². The number of hydrogen-bond donors (Lipinski definition) is 1. The minimum absolute atomic E-state index is 0.400. The van der Waals surface area contributed by atoms with Crippen LogP contribution < -0.4 is 5.73 Å². The normalized spacial score (nSPS) is 12.7. The van der Waals surface area contributed by atoms with Crippen molar-refractivity contribution in [2.45, 2.75) is 12.8 Å². The van der Waals surface area contributed by atoms with Crippen LogP contribution in [0.1, 0.15) is 18.4 Å². The second-order valence-electron chi connectivity index (χ2n) is 4.85. The lowest BCUT2D eigenvalue weighted by molar-refractivity contribution is 0.774. The molecule has 2 N–H and O–H groups in total. The Balaban J connectivity index is 2.02. The molecule has 0 fully saturated rings. The molecule has 96 valence electrons. The van der Waals surface area contributed by atoms with Crippen molar-refractivity contribution in [1.29, 1.82) is 0 Å². The van der Waals surface area contributed by atoms with E-state index in [0.29, 0.717) is 12.5 Å². The van der Waals surface area contributed by atoms with Gasteiger partial charge < -0.3 is 10.3 Å². The third-order valence-electron chi connectivity index (χ3n) is 3.59. The fourth-order valence-corrected chi connectivity index (χ4v) is 2.30. The molecule has 2 heterocycles. The molecule has 0 spiro atoms. The molecule has 0 saturated carbocycles. The predicted molar refractivity (Wildman–Crippen MR) is 78.5 cm³/mol. The summed E-state index contributed by atoms with van der Waals surface area (Å²) in [5, 5.41) is 1.20. The highest BCUT2D eigenvalue weighted by atomic mass is 15.0. The molecular formula is C16H17N3. The van der Waals surface area contributed by atoms with Crippen LogP contribution in [0.3, 0.4) is 0 Å². The van der Waals surface area contributed by atoms with Gasteiger partial charge in [0.15, 0.2) is 0 Å². The van der Waals surface area contributed by atoms with Gasteiger partial charge >= 0.3 is 0 Å². The average Bonchev–Trinajstić information content (AvgIpc) is 2.90. The second kappa shape index (κ2) is 4.86. The molecule has 0 radical (unpaired) electrons. The number of nitrogens with two attached hydrogens (primary N) is 1. The standard InChI is InChI=1S/C16H17N3/c1-12(10-17)13-2-4-15(5-3-13)19-9-7-14-6-8-18-11-16(14)19/h2-9,11-12H,10,17H2,1H3. The van der Waals surface area contributed by atoms with Crippen LogP contribution in [0.15, 0.2) is 55.0 Å². The van der Waals surface area contributed by atoms with Gasteiger partial charge in [0.25, 0.3) is 0 Å². The number of benzene rings is 1. The molecule has 0 aliphatic carbocycles. The topological polar surface area (TPSA) is 43.8 Å². The zero-order valence-electron chi connectivity index (χ0n) is 11.0. The highest BCUT2D eigenvalue weighted by molar-refractivity contribution is 5.80. The van der Waals surface area contributed by atoms with E-state index >= 15 is 0 Å². The van der Waals surface area contributed by atoms with E-state index in [9.17, 15) is 0 Å². The molecule has 0 aliphatic heterocycles. The van der Waals surface area contributed by atoms with Gasteiger partial charge in [-0.15, -0.1) is 0 Å². The molecule has 1 unspecified atom stereocenters. The number of aromatic nitrogens is 2.